The molecule has 4 heterocycles. The summed E-state index contributed by atoms with van der Waals surface area (Å²) in [7, 11) is 0. The largest absolute Gasteiger partial charge is 0.362 e. The number of aromatic nitrogens is 2. The van der Waals surface area contributed by atoms with Gasteiger partial charge in [0.25, 0.3) is 0 Å². The summed E-state index contributed by atoms with van der Waals surface area (Å²) >= 11 is 20.3. The molecule has 0 saturated carbocycles. The molecule has 0 aliphatic carbocycles. The first-order valence-electron chi connectivity index (χ1n) is 13.7. The van der Waals surface area contributed by atoms with E-state index < -0.39 is 0 Å². The number of amides is 1. The number of nitrogens with one attached hydrogen (secondary N) is 1. The molecule has 2 aliphatic heterocycles. The van der Waals surface area contributed by atoms with Crippen molar-refractivity contribution in [3.8, 4) is 0 Å². The van der Waals surface area contributed by atoms with Gasteiger partial charge in [-0.2, -0.15) is 0 Å². The van der Waals surface area contributed by atoms with Gasteiger partial charge in [-0.05, 0) is 71.3 Å². The molecule has 0 radical (unpaired) electrons. The molecule has 0 atom stereocenters. The van der Waals surface area contributed by atoms with Gasteiger partial charge in [-0.15, -0.1) is 11.8 Å². The van der Waals surface area contributed by atoms with E-state index in [1.807, 2.05) is 40.6 Å². The van der Waals surface area contributed by atoms with E-state index in [1.165, 1.54) is 23.4 Å². The van der Waals surface area contributed by atoms with E-state index in [9.17, 15) is 4.79 Å². The predicted molar refractivity (Wildman–Crippen MR) is 173 cm³/mol. The summed E-state index contributed by atoms with van der Waals surface area (Å²) < 4.78 is 1.88. The molecule has 4 aromatic rings. The Morgan fingerprint density at radius 3 is 2.76 bits per heavy atom. The van der Waals surface area contributed by atoms with Gasteiger partial charge in [0.05, 0.1) is 21.4 Å². The number of anilines is 1. The van der Waals surface area contributed by atoms with Gasteiger partial charge in [0, 0.05) is 62.1 Å². The lowest BCUT2D eigenvalue weighted by atomic mass is 10.0. The summed E-state index contributed by atoms with van der Waals surface area (Å²) in [5.41, 5.74) is 6.40. The van der Waals surface area contributed by atoms with Gasteiger partial charge >= 0.3 is 6.03 Å². The third-order valence-corrected chi connectivity index (χ3v) is 9.61. The van der Waals surface area contributed by atoms with Crippen molar-refractivity contribution >= 4 is 75.3 Å². The smallest absolute Gasteiger partial charge is 0.326 e. The number of hydrogen-bond donors (Lipinski definition) is 1. The van der Waals surface area contributed by atoms with E-state index in [0.717, 1.165) is 66.2 Å². The Bertz CT molecular complexity index is 1620. The van der Waals surface area contributed by atoms with Crippen LogP contribution in [0.4, 0.5) is 10.5 Å². The normalized spacial score (nSPS) is 15.9. The number of fused-ring (bicyclic) bond motifs is 3. The molecule has 212 valence electrons. The Kier molecular flexibility index (Phi) is 8.79. The van der Waals surface area contributed by atoms with E-state index in [4.69, 9.17) is 34.8 Å². The third-order valence-electron chi connectivity index (χ3n) is 7.60. The second kappa shape index (κ2) is 12.7. The number of thioether (sulfide) groups is 1. The molecule has 1 N–H and O–H groups in total. The van der Waals surface area contributed by atoms with Crippen LogP contribution < -0.4 is 10.2 Å². The Balaban J connectivity index is 1.28. The van der Waals surface area contributed by atoms with Crippen LogP contribution in [-0.2, 0) is 19.5 Å². The number of carbonyl (C=O) groups is 1. The Labute approximate surface area is 259 Å². The standard InChI is InChI=1S/C31H30Cl3N5OS/c32-26-6-4-21(15-27(26)33)3-1-11-37-13-9-29-25(19-37)24-17-23(38-12-2-14-41-20-38)5-7-28(24)39(29)31(40)36-18-22-8-10-35-30(34)16-22/h1,3-8,10,15-17H,2,9,11-14,18-20H2,(H,36,40). The maximum atomic E-state index is 13.6. The minimum absolute atomic E-state index is 0.126. The zero-order chi connectivity index (χ0) is 28.3. The van der Waals surface area contributed by atoms with E-state index in [2.05, 4.69) is 50.5 Å². The average molecular weight is 627 g/mol. The van der Waals surface area contributed by atoms with Crippen LogP contribution in [0.15, 0.2) is 60.8 Å². The summed E-state index contributed by atoms with van der Waals surface area (Å²) in [4.78, 5) is 22.5. The van der Waals surface area contributed by atoms with E-state index in [1.54, 1.807) is 12.3 Å². The zero-order valence-electron chi connectivity index (χ0n) is 22.5. The molecular formula is C31H30Cl3N5OS. The van der Waals surface area contributed by atoms with Crippen LogP contribution >= 0.6 is 46.6 Å². The first kappa shape index (κ1) is 28.4. The SMILES string of the molecule is O=C(NCc1ccnc(Cl)c1)n1c2c(c3cc(N4CCCSC4)ccc31)CN(CC=Cc1ccc(Cl)c(Cl)c1)CC2. The number of hydrogen-bond acceptors (Lipinski definition) is 5. The van der Waals surface area contributed by atoms with Crippen molar-refractivity contribution in [1.29, 1.82) is 0 Å². The van der Waals surface area contributed by atoms with Crippen molar-refractivity contribution in [2.24, 2.45) is 0 Å². The topological polar surface area (TPSA) is 53.4 Å². The maximum Gasteiger partial charge on any atom is 0.326 e. The van der Waals surface area contributed by atoms with Gasteiger partial charge in [0.15, 0.2) is 0 Å². The molecule has 1 fully saturated rings. The van der Waals surface area contributed by atoms with Crippen molar-refractivity contribution in [3.05, 3.63) is 98.4 Å². The van der Waals surface area contributed by atoms with Crippen LogP contribution in [0.3, 0.4) is 0 Å². The summed E-state index contributed by atoms with van der Waals surface area (Å²) in [6.45, 7) is 3.87. The maximum absolute atomic E-state index is 13.6. The molecule has 1 amide bonds. The summed E-state index contributed by atoms with van der Waals surface area (Å²) in [5, 5.41) is 5.77. The van der Waals surface area contributed by atoms with Crippen LogP contribution in [-0.4, -0.2) is 51.7 Å². The minimum atomic E-state index is -0.126. The van der Waals surface area contributed by atoms with Crippen molar-refractivity contribution in [2.45, 2.75) is 25.9 Å². The molecular weight excluding hydrogens is 597 g/mol. The highest BCUT2D eigenvalue weighted by atomic mass is 35.5. The summed E-state index contributed by atoms with van der Waals surface area (Å²) in [5.74, 6) is 2.20. The molecule has 2 aromatic carbocycles. The van der Waals surface area contributed by atoms with Gasteiger partial charge in [-0.1, -0.05) is 53.0 Å². The van der Waals surface area contributed by atoms with Crippen LogP contribution in [0.5, 0.6) is 0 Å². The number of benzene rings is 2. The highest BCUT2D eigenvalue weighted by Gasteiger charge is 2.27. The van der Waals surface area contributed by atoms with E-state index in [-0.39, 0.29) is 6.03 Å². The van der Waals surface area contributed by atoms with Crippen LogP contribution in [0.25, 0.3) is 17.0 Å². The van der Waals surface area contributed by atoms with Gasteiger partial charge in [-0.3, -0.25) is 9.47 Å². The lowest BCUT2D eigenvalue weighted by Crippen LogP contribution is -2.34. The Morgan fingerprint density at radius 2 is 1.95 bits per heavy atom. The van der Waals surface area contributed by atoms with Crippen molar-refractivity contribution in [3.63, 3.8) is 0 Å². The van der Waals surface area contributed by atoms with Crippen molar-refractivity contribution in [2.75, 3.05) is 36.2 Å². The highest BCUT2D eigenvalue weighted by molar-refractivity contribution is 7.99. The summed E-state index contributed by atoms with van der Waals surface area (Å²) in [6, 6.07) is 15.7. The second-order valence-electron chi connectivity index (χ2n) is 10.3. The fourth-order valence-electron chi connectivity index (χ4n) is 5.55. The fraction of sp³-hybridized carbons (Fsp3) is 0.290. The Morgan fingerprint density at radius 1 is 1.05 bits per heavy atom. The molecule has 1 saturated heterocycles. The van der Waals surface area contributed by atoms with E-state index >= 15 is 0 Å². The summed E-state index contributed by atoms with van der Waals surface area (Å²) in [6.07, 6.45) is 7.86. The Hall–Kier alpha value is -2.68. The van der Waals surface area contributed by atoms with Gasteiger partial charge in [0.1, 0.15) is 5.15 Å². The molecule has 2 aromatic heterocycles. The molecule has 0 unspecified atom stereocenters. The third kappa shape index (κ3) is 6.40. The lowest BCUT2D eigenvalue weighted by molar-refractivity contribution is 0.240. The lowest BCUT2D eigenvalue weighted by Gasteiger charge is -2.29. The number of carbonyl (C=O) groups excluding carboxylic acids is 1. The fourth-order valence-corrected chi connectivity index (χ4v) is 7.01. The molecule has 0 bridgehead atoms. The average Bonchev–Trinajstić information content (AvgIpc) is 3.31. The van der Waals surface area contributed by atoms with Crippen LogP contribution in [0.2, 0.25) is 15.2 Å². The first-order valence-corrected chi connectivity index (χ1v) is 16.0. The predicted octanol–water partition coefficient (Wildman–Crippen LogP) is 7.73. The quantitative estimate of drug-likeness (QED) is 0.222. The van der Waals surface area contributed by atoms with Crippen LogP contribution in [0.1, 0.15) is 28.8 Å². The number of nitrogens with zero attached hydrogens (tertiary/aromatic N) is 4. The number of halogens is 3. The minimum Gasteiger partial charge on any atom is -0.362 e. The highest BCUT2D eigenvalue weighted by Crippen LogP contribution is 2.35. The van der Waals surface area contributed by atoms with Gasteiger partial charge < -0.3 is 10.2 Å². The van der Waals surface area contributed by atoms with Gasteiger partial charge in [-0.25, -0.2) is 9.78 Å². The molecule has 0 spiro atoms. The zero-order valence-corrected chi connectivity index (χ0v) is 25.5. The van der Waals surface area contributed by atoms with Crippen molar-refractivity contribution in [1.82, 2.24) is 19.8 Å². The molecule has 41 heavy (non-hydrogen) atoms. The number of pyridine rings is 1. The van der Waals surface area contributed by atoms with Crippen molar-refractivity contribution < 1.29 is 4.79 Å². The number of rotatable bonds is 6. The van der Waals surface area contributed by atoms with Gasteiger partial charge in [0.2, 0.25) is 0 Å². The monoisotopic (exact) mass is 625 g/mol. The van der Waals surface area contributed by atoms with E-state index in [0.29, 0.717) is 21.7 Å². The first-order chi connectivity index (χ1) is 20.0. The molecule has 6 rings (SSSR count). The van der Waals surface area contributed by atoms with Crippen LogP contribution in [0, 0.1) is 0 Å². The molecule has 2 aliphatic rings. The molecule has 10 heteroatoms. The second-order valence-corrected chi connectivity index (χ2v) is 12.6. The molecule has 6 nitrogen and oxygen atoms in total.